The minimum Gasteiger partial charge on any atom is -0.292 e. The Morgan fingerprint density at radius 2 is 2.13 bits per heavy atom. The topological polar surface area (TPSA) is 47.8 Å². The summed E-state index contributed by atoms with van der Waals surface area (Å²) < 4.78 is 3.32. The van der Waals surface area contributed by atoms with E-state index in [1.165, 1.54) is 11.3 Å². The van der Waals surface area contributed by atoms with Crippen LogP contribution in [0.2, 0.25) is 0 Å². The molecule has 0 N–H and O–H groups in total. The minimum atomic E-state index is -0.0120. The van der Waals surface area contributed by atoms with Crippen molar-refractivity contribution in [1.29, 1.82) is 0 Å². The van der Waals surface area contributed by atoms with Gasteiger partial charge in [-0.3, -0.25) is 9.36 Å². The van der Waals surface area contributed by atoms with Gasteiger partial charge in [0, 0.05) is 15.4 Å². The molecule has 0 amide bonds. The number of hydrogen-bond acceptors (Lipinski definition) is 5. The van der Waals surface area contributed by atoms with Gasteiger partial charge in [0.25, 0.3) is 5.56 Å². The van der Waals surface area contributed by atoms with Gasteiger partial charge >= 0.3 is 0 Å². The van der Waals surface area contributed by atoms with Crippen molar-refractivity contribution >= 4 is 48.8 Å². The summed E-state index contributed by atoms with van der Waals surface area (Å²) in [6.07, 6.45) is 1.59. The lowest BCUT2D eigenvalue weighted by atomic mass is 10.2. The second-order valence-electron chi connectivity index (χ2n) is 4.97. The van der Waals surface area contributed by atoms with Crippen LogP contribution < -0.4 is 5.56 Å². The highest BCUT2D eigenvalue weighted by atomic mass is 79.9. The molecule has 0 saturated carbocycles. The van der Waals surface area contributed by atoms with Crippen molar-refractivity contribution < 1.29 is 0 Å². The number of halogens is 1. The predicted molar refractivity (Wildman–Crippen MR) is 98.2 cm³/mol. The fourth-order valence-corrected chi connectivity index (χ4v) is 4.30. The highest BCUT2D eigenvalue weighted by molar-refractivity contribution is 9.10. The number of hydrogen-bond donors (Lipinski definition) is 0. The van der Waals surface area contributed by atoms with Crippen LogP contribution in [0.4, 0.5) is 0 Å². The van der Waals surface area contributed by atoms with Crippen LogP contribution in [0, 0.1) is 0 Å². The van der Waals surface area contributed by atoms with Gasteiger partial charge in [0.15, 0.2) is 0 Å². The molecule has 3 heterocycles. The standard InChI is InChI=1S/C16H10BrN3OS2/c17-11-3-1-2-10(6-11)15-19-12(8-23-15)7-20-9-18-13-4-5-22-14(13)16(20)21/h1-6,8-9H,7H2. The monoisotopic (exact) mass is 403 g/mol. The molecule has 0 unspecified atom stereocenters. The Morgan fingerprint density at radius 3 is 3.00 bits per heavy atom. The molecule has 23 heavy (non-hydrogen) atoms. The zero-order valence-corrected chi connectivity index (χ0v) is 15.0. The van der Waals surface area contributed by atoms with Crippen LogP contribution in [-0.2, 0) is 6.54 Å². The van der Waals surface area contributed by atoms with Crippen molar-refractivity contribution in [2.45, 2.75) is 6.54 Å². The summed E-state index contributed by atoms with van der Waals surface area (Å²) in [6.45, 7) is 0.435. The van der Waals surface area contributed by atoms with Crippen molar-refractivity contribution in [2.24, 2.45) is 0 Å². The normalized spacial score (nSPS) is 11.2. The Labute approximate surface area is 148 Å². The molecule has 0 fully saturated rings. The summed E-state index contributed by atoms with van der Waals surface area (Å²) in [4.78, 5) is 21.4. The molecule has 0 atom stereocenters. The van der Waals surface area contributed by atoms with Crippen molar-refractivity contribution in [1.82, 2.24) is 14.5 Å². The summed E-state index contributed by atoms with van der Waals surface area (Å²) in [5, 5.41) is 4.82. The number of nitrogens with zero attached hydrogens (tertiary/aromatic N) is 3. The molecule has 0 saturated heterocycles. The first-order chi connectivity index (χ1) is 11.2. The quantitative estimate of drug-likeness (QED) is 0.509. The molecule has 0 aliphatic rings. The molecule has 0 aliphatic carbocycles. The fraction of sp³-hybridized carbons (Fsp3) is 0.0625. The Morgan fingerprint density at radius 1 is 1.22 bits per heavy atom. The molecule has 7 heteroatoms. The van der Waals surface area contributed by atoms with E-state index in [1.54, 1.807) is 22.2 Å². The Kier molecular flexibility index (Phi) is 3.84. The molecule has 4 aromatic rings. The Balaban J connectivity index is 1.66. The van der Waals surface area contributed by atoms with Crippen LogP contribution in [0.3, 0.4) is 0 Å². The summed E-state index contributed by atoms with van der Waals surface area (Å²) in [5.41, 5.74) is 2.67. The molecule has 0 spiro atoms. The number of rotatable bonds is 3. The van der Waals surface area contributed by atoms with Crippen LogP contribution in [-0.4, -0.2) is 14.5 Å². The van der Waals surface area contributed by atoms with Gasteiger partial charge in [-0.25, -0.2) is 9.97 Å². The van der Waals surface area contributed by atoms with E-state index in [-0.39, 0.29) is 5.56 Å². The van der Waals surface area contributed by atoms with E-state index >= 15 is 0 Å². The van der Waals surface area contributed by atoms with E-state index < -0.39 is 0 Å². The summed E-state index contributed by atoms with van der Waals surface area (Å²) >= 11 is 6.47. The first-order valence-electron chi connectivity index (χ1n) is 6.84. The molecule has 1 aromatic carbocycles. The zero-order chi connectivity index (χ0) is 15.8. The smallest absolute Gasteiger partial charge is 0.271 e. The van der Waals surface area contributed by atoms with Crippen LogP contribution in [0.15, 0.2) is 56.7 Å². The average molecular weight is 404 g/mol. The fourth-order valence-electron chi connectivity index (χ4n) is 2.30. The zero-order valence-electron chi connectivity index (χ0n) is 11.8. The van der Waals surface area contributed by atoms with E-state index in [4.69, 9.17) is 0 Å². The first kappa shape index (κ1) is 14.7. The van der Waals surface area contributed by atoms with Gasteiger partial charge in [-0.1, -0.05) is 28.1 Å². The SMILES string of the molecule is O=c1c2sccc2ncn1Cc1csc(-c2cccc(Br)c2)n1. The lowest BCUT2D eigenvalue weighted by Crippen LogP contribution is -2.20. The summed E-state index contributed by atoms with van der Waals surface area (Å²) in [5.74, 6) is 0. The molecule has 0 aliphatic heterocycles. The van der Waals surface area contributed by atoms with E-state index in [0.717, 1.165) is 26.3 Å². The van der Waals surface area contributed by atoms with Gasteiger partial charge in [0.1, 0.15) is 9.71 Å². The van der Waals surface area contributed by atoms with Crippen LogP contribution in [0.1, 0.15) is 5.69 Å². The Hall–Kier alpha value is -1.83. The van der Waals surface area contributed by atoms with Gasteiger partial charge in [-0.2, -0.15) is 0 Å². The molecular weight excluding hydrogens is 394 g/mol. The second kappa shape index (κ2) is 5.99. The van der Waals surface area contributed by atoms with Crippen molar-refractivity contribution in [3.8, 4) is 10.6 Å². The van der Waals surface area contributed by atoms with E-state index in [9.17, 15) is 4.79 Å². The number of fused-ring (bicyclic) bond motifs is 1. The highest BCUT2D eigenvalue weighted by Crippen LogP contribution is 2.26. The second-order valence-corrected chi connectivity index (χ2v) is 7.66. The summed E-state index contributed by atoms with van der Waals surface area (Å²) in [6, 6.07) is 9.89. The third-order valence-corrected chi connectivity index (χ3v) is 5.72. The maximum Gasteiger partial charge on any atom is 0.271 e. The van der Waals surface area contributed by atoms with Gasteiger partial charge < -0.3 is 0 Å². The van der Waals surface area contributed by atoms with Crippen LogP contribution in [0.5, 0.6) is 0 Å². The average Bonchev–Trinajstić information content (AvgIpc) is 3.20. The molecule has 4 rings (SSSR count). The lowest BCUT2D eigenvalue weighted by molar-refractivity contribution is 0.736. The van der Waals surface area contributed by atoms with E-state index in [2.05, 4.69) is 25.9 Å². The van der Waals surface area contributed by atoms with Gasteiger partial charge in [0.05, 0.1) is 24.1 Å². The number of aromatic nitrogens is 3. The van der Waals surface area contributed by atoms with Gasteiger partial charge in [-0.15, -0.1) is 22.7 Å². The van der Waals surface area contributed by atoms with Crippen molar-refractivity contribution in [3.05, 3.63) is 67.9 Å². The highest BCUT2D eigenvalue weighted by Gasteiger charge is 2.09. The van der Waals surface area contributed by atoms with Gasteiger partial charge in [0.2, 0.25) is 0 Å². The van der Waals surface area contributed by atoms with E-state index in [1.807, 2.05) is 41.1 Å². The predicted octanol–water partition coefficient (Wildman–Crippen LogP) is 4.39. The molecular formula is C16H10BrN3OS2. The third kappa shape index (κ3) is 2.87. The van der Waals surface area contributed by atoms with Crippen LogP contribution >= 0.6 is 38.6 Å². The largest absolute Gasteiger partial charge is 0.292 e. The van der Waals surface area contributed by atoms with Crippen LogP contribution in [0.25, 0.3) is 20.8 Å². The number of thiazole rings is 1. The van der Waals surface area contributed by atoms with Crippen molar-refractivity contribution in [2.75, 3.05) is 0 Å². The molecule has 3 aromatic heterocycles. The maximum absolute atomic E-state index is 12.4. The van der Waals surface area contributed by atoms with E-state index in [0.29, 0.717) is 11.2 Å². The molecule has 0 bridgehead atoms. The van der Waals surface area contributed by atoms with Crippen molar-refractivity contribution in [3.63, 3.8) is 0 Å². The maximum atomic E-state index is 12.4. The first-order valence-corrected chi connectivity index (χ1v) is 9.39. The lowest BCUT2D eigenvalue weighted by Gasteiger charge is -2.02. The minimum absolute atomic E-state index is 0.0120. The number of benzene rings is 1. The molecule has 114 valence electrons. The molecule has 0 radical (unpaired) electrons. The van der Waals surface area contributed by atoms with Gasteiger partial charge in [-0.05, 0) is 23.6 Å². The summed E-state index contributed by atoms with van der Waals surface area (Å²) in [7, 11) is 0. The Bertz CT molecular complexity index is 1050. The third-order valence-electron chi connectivity index (χ3n) is 3.39. The number of thiophene rings is 1. The molecule has 4 nitrogen and oxygen atoms in total.